The Bertz CT molecular complexity index is 650. The Hall–Kier alpha value is -2.55. The quantitative estimate of drug-likeness (QED) is 0.470. The number of carbonyl (C=O) groups excluding carboxylic acids is 3. The molecule has 0 aromatic heterocycles. The second-order valence-electron chi connectivity index (χ2n) is 6.54. The second kappa shape index (κ2) is 7.63. The molecule has 0 aliphatic carbocycles. The van der Waals surface area contributed by atoms with Gasteiger partial charge < -0.3 is 4.74 Å². The van der Waals surface area contributed by atoms with Crippen LogP contribution in [0, 0.1) is 5.92 Å². The van der Waals surface area contributed by atoms with Crippen molar-refractivity contribution in [2.24, 2.45) is 15.9 Å². The number of hydrogen-bond acceptors (Lipinski definition) is 6. The maximum Gasteiger partial charge on any atom is 0.338 e. The van der Waals surface area contributed by atoms with Crippen molar-refractivity contribution in [3.8, 4) is 0 Å². The molecule has 0 heterocycles. The number of hydrogen-bond donors (Lipinski definition) is 0. The molecule has 122 valence electrons. The molecule has 1 aromatic carbocycles. The fraction of sp³-hybridized carbons (Fsp3) is 0.471. The summed E-state index contributed by atoms with van der Waals surface area (Å²) in [7, 11) is 0. The molecule has 0 amide bonds. The third-order valence-electron chi connectivity index (χ3n) is 2.96. The zero-order chi connectivity index (χ0) is 17.6. The average Bonchev–Trinajstić information content (AvgIpc) is 2.43. The van der Waals surface area contributed by atoms with Crippen molar-refractivity contribution >= 4 is 29.5 Å². The van der Waals surface area contributed by atoms with Crippen molar-refractivity contribution in [2.75, 3.05) is 6.61 Å². The molecule has 0 aliphatic rings. The normalized spacial score (nSPS) is 10.7. The summed E-state index contributed by atoms with van der Waals surface area (Å²) >= 11 is 0. The van der Waals surface area contributed by atoms with E-state index in [-0.39, 0.29) is 29.5 Å². The van der Waals surface area contributed by atoms with Gasteiger partial charge in [0.1, 0.15) is 0 Å². The first-order valence-corrected chi connectivity index (χ1v) is 7.22. The van der Waals surface area contributed by atoms with Crippen molar-refractivity contribution < 1.29 is 19.1 Å². The molecule has 0 radical (unpaired) electrons. The third-order valence-corrected chi connectivity index (χ3v) is 2.96. The van der Waals surface area contributed by atoms with Gasteiger partial charge in [-0.1, -0.05) is 34.6 Å². The number of rotatable bonds is 5. The lowest BCUT2D eigenvalue weighted by atomic mass is 9.83. The molecule has 0 fully saturated rings. The fourth-order valence-corrected chi connectivity index (χ4v) is 2.10. The van der Waals surface area contributed by atoms with Gasteiger partial charge in [-0.15, -0.1) is 0 Å². The Labute approximate surface area is 135 Å². The number of ether oxygens (including phenoxy) is 1. The average molecular weight is 316 g/mol. The minimum absolute atomic E-state index is 0.168. The second-order valence-corrected chi connectivity index (χ2v) is 6.54. The van der Waals surface area contributed by atoms with Crippen LogP contribution in [0.3, 0.4) is 0 Å². The first kappa shape index (κ1) is 18.5. The standard InChI is InChI=1S/C17H20N2O4/c1-11(2)8-23-16(22)12-6-13(18-9-20)15(17(3,4)5)14(7-12)19-10-21/h6-7,11H,8H2,1-5H3. The lowest BCUT2D eigenvalue weighted by Crippen LogP contribution is -2.14. The van der Waals surface area contributed by atoms with Gasteiger partial charge in [-0.05, 0) is 23.5 Å². The Morgan fingerprint density at radius 1 is 1.13 bits per heavy atom. The Morgan fingerprint density at radius 2 is 1.61 bits per heavy atom. The molecule has 0 bridgehead atoms. The summed E-state index contributed by atoms with van der Waals surface area (Å²) in [4.78, 5) is 40.8. The molecular formula is C17H20N2O4. The molecule has 0 saturated heterocycles. The number of esters is 1. The lowest BCUT2D eigenvalue weighted by molar-refractivity contribution is 0.0459. The predicted molar refractivity (Wildman–Crippen MR) is 85.8 cm³/mol. The predicted octanol–water partition coefficient (Wildman–Crippen LogP) is 3.73. The molecule has 0 aliphatic heterocycles. The van der Waals surface area contributed by atoms with E-state index in [9.17, 15) is 14.4 Å². The molecule has 1 rings (SSSR count). The van der Waals surface area contributed by atoms with E-state index >= 15 is 0 Å². The van der Waals surface area contributed by atoms with Crippen molar-refractivity contribution in [2.45, 2.75) is 40.0 Å². The summed E-state index contributed by atoms with van der Waals surface area (Å²) in [6.45, 7) is 9.74. The van der Waals surface area contributed by atoms with Gasteiger partial charge in [0.05, 0.1) is 23.5 Å². The zero-order valence-electron chi connectivity index (χ0n) is 14.0. The minimum Gasteiger partial charge on any atom is -0.462 e. The van der Waals surface area contributed by atoms with Crippen LogP contribution < -0.4 is 0 Å². The maximum atomic E-state index is 12.1. The van der Waals surface area contributed by atoms with Gasteiger partial charge in [-0.3, -0.25) is 0 Å². The Balaban J connectivity index is 3.50. The first-order chi connectivity index (χ1) is 10.7. The van der Waals surface area contributed by atoms with Crippen LogP contribution in [0.15, 0.2) is 22.1 Å². The van der Waals surface area contributed by atoms with E-state index in [0.29, 0.717) is 5.56 Å². The van der Waals surface area contributed by atoms with Gasteiger partial charge in [-0.2, -0.15) is 9.98 Å². The largest absolute Gasteiger partial charge is 0.462 e. The fourth-order valence-electron chi connectivity index (χ4n) is 2.10. The van der Waals surface area contributed by atoms with Crippen LogP contribution in [0.25, 0.3) is 0 Å². The summed E-state index contributed by atoms with van der Waals surface area (Å²) in [5, 5.41) is 0. The highest BCUT2D eigenvalue weighted by Gasteiger charge is 2.25. The molecule has 23 heavy (non-hydrogen) atoms. The molecule has 0 unspecified atom stereocenters. The van der Waals surface area contributed by atoms with Crippen molar-refractivity contribution in [3.63, 3.8) is 0 Å². The van der Waals surface area contributed by atoms with Crippen LogP contribution in [-0.4, -0.2) is 24.7 Å². The molecule has 0 atom stereocenters. The van der Waals surface area contributed by atoms with Crippen LogP contribution >= 0.6 is 0 Å². The highest BCUT2D eigenvalue weighted by atomic mass is 16.5. The van der Waals surface area contributed by atoms with E-state index in [1.54, 1.807) is 0 Å². The topological polar surface area (TPSA) is 85.2 Å². The zero-order valence-corrected chi connectivity index (χ0v) is 14.0. The number of aliphatic imine (C=N–C) groups is 2. The Morgan fingerprint density at radius 3 is 1.96 bits per heavy atom. The van der Waals surface area contributed by atoms with Gasteiger partial charge in [0, 0.05) is 5.56 Å². The van der Waals surface area contributed by atoms with Crippen molar-refractivity contribution in [1.29, 1.82) is 0 Å². The van der Waals surface area contributed by atoms with E-state index in [4.69, 9.17) is 4.74 Å². The van der Waals surface area contributed by atoms with Gasteiger partial charge in [-0.25, -0.2) is 14.4 Å². The third kappa shape index (κ3) is 4.99. The highest BCUT2D eigenvalue weighted by Crippen LogP contribution is 2.40. The summed E-state index contributed by atoms with van der Waals surface area (Å²) in [5.74, 6) is -0.378. The van der Waals surface area contributed by atoms with E-state index < -0.39 is 11.4 Å². The molecule has 0 spiro atoms. The maximum absolute atomic E-state index is 12.1. The molecule has 0 saturated carbocycles. The SMILES string of the molecule is CC(C)COC(=O)c1cc(N=C=O)c(C(C)(C)C)c(N=C=O)c1. The van der Waals surface area contributed by atoms with Crippen LogP contribution in [0.1, 0.15) is 50.5 Å². The van der Waals surface area contributed by atoms with Gasteiger partial charge in [0.25, 0.3) is 0 Å². The molecule has 6 nitrogen and oxygen atoms in total. The number of isocyanates is 2. The van der Waals surface area contributed by atoms with E-state index in [0.717, 1.165) is 0 Å². The lowest BCUT2D eigenvalue weighted by Gasteiger charge is -2.23. The molecule has 1 aromatic rings. The van der Waals surface area contributed by atoms with Crippen LogP contribution in [-0.2, 0) is 19.7 Å². The first-order valence-electron chi connectivity index (χ1n) is 7.22. The highest BCUT2D eigenvalue weighted by molar-refractivity contribution is 5.93. The van der Waals surface area contributed by atoms with E-state index in [1.165, 1.54) is 24.3 Å². The summed E-state index contributed by atoms with van der Waals surface area (Å²) in [6.07, 6.45) is 2.93. The van der Waals surface area contributed by atoms with Crippen LogP contribution in [0.4, 0.5) is 11.4 Å². The summed E-state index contributed by atoms with van der Waals surface area (Å²) in [6, 6.07) is 2.88. The summed E-state index contributed by atoms with van der Waals surface area (Å²) in [5.41, 5.74) is 0.749. The Kier molecular flexibility index (Phi) is 6.14. The molecular weight excluding hydrogens is 296 g/mol. The van der Waals surface area contributed by atoms with Gasteiger partial charge in [0.15, 0.2) is 0 Å². The minimum atomic E-state index is -0.566. The molecule has 6 heteroatoms. The van der Waals surface area contributed by atoms with E-state index in [2.05, 4.69) is 9.98 Å². The number of nitrogens with zero attached hydrogens (tertiary/aromatic N) is 2. The van der Waals surface area contributed by atoms with Crippen molar-refractivity contribution in [1.82, 2.24) is 0 Å². The van der Waals surface area contributed by atoms with Crippen LogP contribution in [0.5, 0.6) is 0 Å². The van der Waals surface area contributed by atoms with Gasteiger partial charge in [0.2, 0.25) is 12.2 Å². The van der Waals surface area contributed by atoms with Crippen LogP contribution in [0.2, 0.25) is 0 Å². The number of benzene rings is 1. The van der Waals surface area contributed by atoms with Gasteiger partial charge >= 0.3 is 5.97 Å². The number of carbonyl (C=O) groups is 1. The molecule has 0 N–H and O–H groups in total. The van der Waals surface area contributed by atoms with Crippen molar-refractivity contribution in [3.05, 3.63) is 23.3 Å². The smallest absolute Gasteiger partial charge is 0.338 e. The monoisotopic (exact) mass is 316 g/mol. The summed E-state index contributed by atoms with van der Waals surface area (Å²) < 4.78 is 5.16. The van der Waals surface area contributed by atoms with E-state index in [1.807, 2.05) is 34.6 Å².